The molecule has 0 aliphatic rings. The van der Waals surface area contributed by atoms with Gasteiger partial charge in [-0.3, -0.25) is 4.79 Å². The first-order valence-electron chi connectivity index (χ1n) is 3.70. The van der Waals surface area contributed by atoms with E-state index in [0.717, 1.165) is 0 Å². The maximum absolute atomic E-state index is 9.72. The molecular weight excluding hydrogens is 231 g/mol. The van der Waals surface area contributed by atoms with Crippen LogP contribution >= 0.6 is 0 Å². The summed E-state index contributed by atoms with van der Waals surface area (Å²) in [6.45, 7) is 4.60. The standard InChI is InChI=1S/C4H6O5.C4H6O2.Na.H/c5-2(4(8)9)1-3(6)7;1-3(2)4(5)6;;/h2,5H,1H2,(H,6,7)(H,8,9);1H2,2H3,(H,5,6);;/q;;+1;-1. The van der Waals surface area contributed by atoms with Crippen LogP contribution in [0.3, 0.4) is 0 Å². The monoisotopic (exact) mass is 244 g/mol. The molecule has 0 bridgehead atoms. The van der Waals surface area contributed by atoms with Crippen LogP contribution in [0.4, 0.5) is 0 Å². The molecule has 16 heavy (non-hydrogen) atoms. The van der Waals surface area contributed by atoms with Crippen molar-refractivity contribution in [3.8, 4) is 0 Å². The zero-order valence-corrected chi connectivity index (χ0v) is 11.0. The van der Waals surface area contributed by atoms with Gasteiger partial charge in [-0.05, 0) is 6.92 Å². The Morgan fingerprint density at radius 2 is 1.56 bits per heavy atom. The van der Waals surface area contributed by atoms with E-state index in [-0.39, 0.29) is 36.6 Å². The molecule has 1 unspecified atom stereocenters. The van der Waals surface area contributed by atoms with E-state index in [1.165, 1.54) is 6.92 Å². The van der Waals surface area contributed by atoms with Crippen LogP contribution in [0.1, 0.15) is 14.8 Å². The number of aliphatic hydroxyl groups excluding tert-OH is 1. The Labute approximate surface area is 115 Å². The van der Waals surface area contributed by atoms with Crippen molar-refractivity contribution >= 4 is 17.9 Å². The van der Waals surface area contributed by atoms with E-state index in [9.17, 15) is 14.4 Å². The molecule has 0 amide bonds. The van der Waals surface area contributed by atoms with Crippen molar-refractivity contribution in [2.45, 2.75) is 19.4 Å². The van der Waals surface area contributed by atoms with E-state index >= 15 is 0 Å². The Morgan fingerprint density at radius 1 is 1.25 bits per heavy atom. The summed E-state index contributed by atoms with van der Waals surface area (Å²) in [5.74, 6) is -3.78. The maximum Gasteiger partial charge on any atom is 1.00 e. The molecule has 0 heterocycles. The number of aliphatic carboxylic acids is 3. The average molecular weight is 244 g/mol. The largest absolute Gasteiger partial charge is 1.00 e. The van der Waals surface area contributed by atoms with E-state index in [2.05, 4.69) is 6.58 Å². The normalized spacial score (nSPS) is 9.88. The van der Waals surface area contributed by atoms with Crippen molar-refractivity contribution in [1.82, 2.24) is 0 Å². The molecule has 0 radical (unpaired) electrons. The van der Waals surface area contributed by atoms with E-state index in [1.807, 2.05) is 0 Å². The summed E-state index contributed by atoms with van der Waals surface area (Å²) in [4.78, 5) is 29.0. The number of rotatable bonds is 4. The van der Waals surface area contributed by atoms with Gasteiger partial charge >= 0.3 is 47.5 Å². The molecule has 0 aromatic rings. The number of hydrogen-bond acceptors (Lipinski definition) is 4. The summed E-state index contributed by atoms with van der Waals surface area (Å²) in [6, 6.07) is 0. The second-order valence-electron chi connectivity index (χ2n) is 2.54. The van der Waals surface area contributed by atoms with Crippen LogP contribution in [0.15, 0.2) is 12.2 Å². The number of hydrogen-bond donors (Lipinski definition) is 4. The van der Waals surface area contributed by atoms with Gasteiger partial charge in [0.2, 0.25) is 0 Å². The van der Waals surface area contributed by atoms with Gasteiger partial charge in [0.25, 0.3) is 0 Å². The van der Waals surface area contributed by atoms with Gasteiger partial charge in [0.1, 0.15) is 0 Å². The zero-order valence-electron chi connectivity index (χ0n) is 10.0. The second-order valence-corrected chi connectivity index (χ2v) is 2.54. The third-order valence-electron chi connectivity index (χ3n) is 1.02. The Morgan fingerprint density at radius 3 is 1.62 bits per heavy atom. The zero-order chi connectivity index (χ0) is 12.6. The first-order chi connectivity index (χ1) is 6.68. The van der Waals surface area contributed by atoms with Crippen molar-refractivity contribution in [3.05, 3.63) is 12.2 Å². The summed E-state index contributed by atoms with van der Waals surface area (Å²) in [7, 11) is 0. The van der Waals surface area contributed by atoms with Crippen LogP contribution in [0, 0.1) is 0 Å². The molecule has 0 spiro atoms. The fourth-order valence-corrected chi connectivity index (χ4v) is 0.253. The van der Waals surface area contributed by atoms with E-state index in [4.69, 9.17) is 20.4 Å². The summed E-state index contributed by atoms with van der Waals surface area (Å²) in [5, 5.41) is 32.0. The van der Waals surface area contributed by atoms with Crippen LogP contribution in [-0.2, 0) is 14.4 Å². The van der Waals surface area contributed by atoms with Gasteiger partial charge in [-0.2, -0.15) is 0 Å². The fourth-order valence-electron chi connectivity index (χ4n) is 0.253. The summed E-state index contributed by atoms with van der Waals surface area (Å²) in [5.41, 5.74) is 0.176. The van der Waals surface area contributed by atoms with Crippen LogP contribution < -0.4 is 29.6 Å². The molecule has 4 N–H and O–H groups in total. The smallest absolute Gasteiger partial charge is 1.00 e. The molecule has 0 saturated carbocycles. The van der Waals surface area contributed by atoms with Crippen LogP contribution in [0.2, 0.25) is 0 Å². The molecule has 0 fully saturated rings. The summed E-state index contributed by atoms with van der Waals surface area (Å²) in [6.07, 6.45) is -2.54. The molecule has 0 aromatic carbocycles. The van der Waals surface area contributed by atoms with Crippen molar-refractivity contribution in [3.63, 3.8) is 0 Å². The van der Waals surface area contributed by atoms with E-state index in [1.54, 1.807) is 0 Å². The molecule has 0 aliphatic heterocycles. The fraction of sp³-hybridized carbons (Fsp3) is 0.375. The van der Waals surface area contributed by atoms with Gasteiger partial charge in [-0.25, -0.2) is 9.59 Å². The first-order valence-corrected chi connectivity index (χ1v) is 3.70. The molecule has 7 nitrogen and oxygen atoms in total. The maximum atomic E-state index is 9.72. The van der Waals surface area contributed by atoms with Gasteiger partial charge in [-0.1, -0.05) is 6.58 Å². The SMILES string of the molecule is C=C(C)C(=O)O.O=C(O)CC(O)C(=O)O.[H-].[Na+]. The Hall–Kier alpha value is -0.890. The van der Waals surface area contributed by atoms with Gasteiger partial charge < -0.3 is 21.9 Å². The third-order valence-corrected chi connectivity index (χ3v) is 1.02. The van der Waals surface area contributed by atoms with Crippen molar-refractivity contribution in [2.24, 2.45) is 0 Å². The molecule has 0 saturated heterocycles. The molecular formula is C8H13NaO7. The number of carbonyl (C=O) groups is 3. The second kappa shape index (κ2) is 10.6. The third kappa shape index (κ3) is 15.6. The first kappa shape index (κ1) is 20.5. The minimum Gasteiger partial charge on any atom is -1.00 e. The Balaban J connectivity index is -0.0000000945. The number of aliphatic hydroxyl groups is 1. The van der Waals surface area contributed by atoms with Crippen LogP contribution in [0.5, 0.6) is 0 Å². The Kier molecular flexibility index (Phi) is 13.6. The van der Waals surface area contributed by atoms with Crippen molar-refractivity contribution in [1.29, 1.82) is 0 Å². The minimum absolute atomic E-state index is 0. The quantitative estimate of drug-likeness (QED) is 0.300. The number of carboxylic acid groups (broad SMARTS) is 3. The van der Waals surface area contributed by atoms with Gasteiger partial charge in [0.15, 0.2) is 6.10 Å². The molecule has 88 valence electrons. The summed E-state index contributed by atoms with van der Waals surface area (Å²) >= 11 is 0. The van der Waals surface area contributed by atoms with Gasteiger partial charge in [-0.15, -0.1) is 0 Å². The molecule has 0 aromatic heterocycles. The summed E-state index contributed by atoms with van der Waals surface area (Å²) < 4.78 is 0. The van der Waals surface area contributed by atoms with Crippen molar-refractivity contribution < 1.29 is 65.8 Å². The number of carboxylic acids is 3. The Bertz CT molecular complexity index is 267. The van der Waals surface area contributed by atoms with E-state index < -0.39 is 30.4 Å². The average Bonchev–Trinajstić information content (AvgIpc) is 2.03. The van der Waals surface area contributed by atoms with Crippen LogP contribution in [0.25, 0.3) is 0 Å². The van der Waals surface area contributed by atoms with Crippen LogP contribution in [-0.4, -0.2) is 44.4 Å². The molecule has 1 atom stereocenters. The van der Waals surface area contributed by atoms with Crippen molar-refractivity contribution in [2.75, 3.05) is 0 Å². The van der Waals surface area contributed by atoms with E-state index in [0.29, 0.717) is 0 Å². The predicted octanol–water partition coefficient (Wildman–Crippen LogP) is -3.33. The van der Waals surface area contributed by atoms with Gasteiger partial charge in [0.05, 0.1) is 6.42 Å². The minimum atomic E-state index is -1.79. The molecule has 0 aliphatic carbocycles. The molecule has 0 rings (SSSR count). The topological polar surface area (TPSA) is 132 Å². The van der Waals surface area contributed by atoms with Gasteiger partial charge in [0, 0.05) is 5.57 Å². The molecule has 8 heteroatoms. The predicted molar refractivity (Wildman–Crippen MR) is 49.5 cm³/mol.